The number of aromatic nitrogens is 3. The molecule has 38 heavy (non-hydrogen) atoms. The smallest absolute Gasteiger partial charge is 0.224 e. The first-order valence-corrected chi connectivity index (χ1v) is 12.5. The van der Waals surface area contributed by atoms with Crippen LogP contribution in [0.15, 0.2) is 54.7 Å². The molecule has 1 aliphatic rings. The maximum atomic E-state index is 13.6. The molecule has 0 bridgehead atoms. The standard InChI is InChI=1S/C27H34FN5O5/c1-31(20-7-9-21(37-3)10-8-20)11-12-32(2)26(35)15-22-14-24(27(36)25(17-34)38-22)33-16-23(29-30-33)18-5-4-6-19(28)13-18/h4-10,13,16,22,24-25,27,34,36H,11-12,14-15,17H2,1-3H3/t22-,24-,25-,27-/m1/s1. The number of amides is 1. The van der Waals surface area contributed by atoms with Crippen LogP contribution < -0.4 is 9.64 Å². The number of likely N-dealkylation sites (N-methyl/N-ethyl adjacent to an activating group) is 2. The van der Waals surface area contributed by atoms with Gasteiger partial charge >= 0.3 is 0 Å². The third kappa shape index (κ3) is 6.47. The topological polar surface area (TPSA) is 113 Å². The summed E-state index contributed by atoms with van der Waals surface area (Å²) in [7, 11) is 5.32. The second-order valence-electron chi connectivity index (χ2n) is 9.51. The van der Waals surface area contributed by atoms with Crippen LogP contribution >= 0.6 is 0 Å². The molecule has 0 spiro atoms. The van der Waals surface area contributed by atoms with Crippen molar-refractivity contribution in [1.29, 1.82) is 0 Å². The summed E-state index contributed by atoms with van der Waals surface area (Å²) < 4.78 is 26.2. The minimum Gasteiger partial charge on any atom is -0.497 e. The minimum absolute atomic E-state index is 0.0912. The van der Waals surface area contributed by atoms with E-state index >= 15 is 0 Å². The van der Waals surface area contributed by atoms with Gasteiger partial charge in [0.05, 0.1) is 38.5 Å². The molecule has 204 valence electrons. The number of nitrogens with zero attached hydrogens (tertiary/aromatic N) is 5. The molecule has 1 saturated heterocycles. The van der Waals surface area contributed by atoms with Crippen molar-refractivity contribution in [3.05, 3.63) is 60.5 Å². The fourth-order valence-electron chi connectivity index (χ4n) is 4.55. The number of anilines is 1. The van der Waals surface area contributed by atoms with Crippen molar-refractivity contribution in [3.63, 3.8) is 0 Å². The molecular formula is C27H34FN5O5. The van der Waals surface area contributed by atoms with E-state index in [2.05, 4.69) is 15.2 Å². The molecule has 3 aromatic rings. The van der Waals surface area contributed by atoms with Crippen LogP contribution in [-0.4, -0.2) is 95.2 Å². The molecule has 11 heteroatoms. The van der Waals surface area contributed by atoms with E-state index in [1.54, 1.807) is 37.4 Å². The maximum absolute atomic E-state index is 13.6. The molecular weight excluding hydrogens is 493 g/mol. The van der Waals surface area contributed by atoms with Crippen molar-refractivity contribution in [2.24, 2.45) is 0 Å². The number of halogens is 1. The number of methoxy groups -OCH3 is 1. The lowest BCUT2D eigenvalue weighted by Gasteiger charge is -2.38. The number of aliphatic hydroxyl groups is 2. The van der Waals surface area contributed by atoms with Crippen LogP contribution in [0, 0.1) is 5.82 Å². The Hall–Kier alpha value is -3.54. The maximum Gasteiger partial charge on any atom is 0.224 e. The lowest BCUT2D eigenvalue weighted by Crippen LogP contribution is -2.49. The van der Waals surface area contributed by atoms with E-state index in [9.17, 15) is 19.4 Å². The number of rotatable bonds is 10. The SMILES string of the molecule is COc1ccc(N(C)CCN(C)C(=O)C[C@H]2C[C@@H](n3cc(-c4cccc(F)c4)nn3)[C@@H](O)[C@@H](CO)O2)cc1. The van der Waals surface area contributed by atoms with Crippen molar-refractivity contribution in [2.45, 2.75) is 37.2 Å². The number of benzene rings is 2. The summed E-state index contributed by atoms with van der Waals surface area (Å²) in [6, 6.07) is 13.1. The largest absolute Gasteiger partial charge is 0.497 e. The molecule has 4 rings (SSSR count). The summed E-state index contributed by atoms with van der Waals surface area (Å²) in [5, 5.41) is 28.9. The highest BCUT2D eigenvalue weighted by Gasteiger charge is 2.40. The highest BCUT2D eigenvalue weighted by molar-refractivity contribution is 5.76. The summed E-state index contributed by atoms with van der Waals surface area (Å²) in [5.74, 6) is 0.285. The Bertz CT molecular complexity index is 1210. The van der Waals surface area contributed by atoms with E-state index in [-0.39, 0.29) is 18.1 Å². The van der Waals surface area contributed by atoms with Crippen LogP contribution in [0.2, 0.25) is 0 Å². The first kappa shape index (κ1) is 27.5. The van der Waals surface area contributed by atoms with Crippen molar-refractivity contribution in [1.82, 2.24) is 19.9 Å². The molecule has 1 aliphatic heterocycles. The van der Waals surface area contributed by atoms with Crippen molar-refractivity contribution >= 4 is 11.6 Å². The summed E-state index contributed by atoms with van der Waals surface area (Å²) in [6.45, 7) is 0.725. The monoisotopic (exact) mass is 527 g/mol. The van der Waals surface area contributed by atoms with Crippen molar-refractivity contribution in [2.75, 3.05) is 45.8 Å². The average Bonchev–Trinajstić information content (AvgIpc) is 3.42. The summed E-state index contributed by atoms with van der Waals surface area (Å²) in [5.41, 5.74) is 2.02. The van der Waals surface area contributed by atoms with Gasteiger partial charge in [-0.25, -0.2) is 9.07 Å². The molecule has 1 aromatic heterocycles. The Morgan fingerprint density at radius 1 is 1.21 bits per heavy atom. The number of carbonyl (C=O) groups excluding carboxylic acids is 1. The molecule has 0 radical (unpaired) electrons. The van der Waals surface area contributed by atoms with Gasteiger partial charge in [-0.15, -0.1) is 5.10 Å². The van der Waals surface area contributed by atoms with E-state index in [0.29, 0.717) is 30.8 Å². The van der Waals surface area contributed by atoms with Crippen LogP contribution in [0.25, 0.3) is 11.3 Å². The molecule has 1 amide bonds. The Kier molecular flexibility index (Phi) is 8.93. The molecule has 4 atom stereocenters. The predicted octanol–water partition coefficient (Wildman–Crippen LogP) is 2.13. The van der Waals surface area contributed by atoms with E-state index in [1.807, 2.05) is 31.3 Å². The summed E-state index contributed by atoms with van der Waals surface area (Å²) >= 11 is 0. The molecule has 10 nitrogen and oxygen atoms in total. The van der Waals surface area contributed by atoms with Gasteiger partial charge in [-0.2, -0.15) is 0 Å². The predicted molar refractivity (Wildman–Crippen MR) is 139 cm³/mol. The number of ether oxygens (including phenoxy) is 2. The Morgan fingerprint density at radius 3 is 2.66 bits per heavy atom. The van der Waals surface area contributed by atoms with Crippen LogP contribution in [0.4, 0.5) is 10.1 Å². The Balaban J connectivity index is 1.37. The first-order chi connectivity index (χ1) is 18.3. The van der Waals surface area contributed by atoms with Gasteiger partial charge in [0.15, 0.2) is 0 Å². The third-order valence-electron chi connectivity index (χ3n) is 6.91. The van der Waals surface area contributed by atoms with Crippen LogP contribution in [0.5, 0.6) is 5.75 Å². The van der Waals surface area contributed by atoms with E-state index in [4.69, 9.17) is 9.47 Å². The Morgan fingerprint density at radius 2 is 1.97 bits per heavy atom. The molecule has 0 unspecified atom stereocenters. The van der Waals surface area contributed by atoms with Crippen molar-refractivity contribution < 1.29 is 28.9 Å². The number of hydrogen-bond donors (Lipinski definition) is 2. The average molecular weight is 528 g/mol. The van der Waals surface area contributed by atoms with Gasteiger partial charge in [-0.3, -0.25) is 4.79 Å². The second-order valence-corrected chi connectivity index (χ2v) is 9.51. The van der Waals surface area contributed by atoms with Crippen molar-refractivity contribution in [3.8, 4) is 17.0 Å². The molecule has 0 aliphatic carbocycles. The molecule has 2 aromatic carbocycles. The fourth-order valence-corrected chi connectivity index (χ4v) is 4.55. The van der Waals surface area contributed by atoms with Gasteiger partial charge < -0.3 is 29.5 Å². The number of hydrogen-bond acceptors (Lipinski definition) is 8. The molecule has 1 fully saturated rings. The van der Waals surface area contributed by atoms with E-state index < -0.39 is 31.0 Å². The second kappa shape index (κ2) is 12.3. The lowest BCUT2D eigenvalue weighted by atomic mass is 9.94. The highest BCUT2D eigenvalue weighted by atomic mass is 19.1. The molecule has 2 N–H and O–H groups in total. The number of carbonyl (C=O) groups is 1. The van der Waals surface area contributed by atoms with Crippen LogP contribution in [-0.2, 0) is 9.53 Å². The van der Waals surface area contributed by atoms with Gasteiger partial charge in [0.1, 0.15) is 29.5 Å². The molecule has 2 heterocycles. The van der Waals surface area contributed by atoms with Gasteiger partial charge in [-0.05, 0) is 42.8 Å². The van der Waals surface area contributed by atoms with Gasteiger partial charge in [0.2, 0.25) is 5.91 Å². The van der Waals surface area contributed by atoms with E-state index in [0.717, 1.165) is 11.4 Å². The van der Waals surface area contributed by atoms with Gasteiger partial charge in [-0.1, -0.05) is 17.3 Å². The lowest BCUT2D eigenvalue weighted by molar-refractivity contribution is -0.165. The van der Waals surface area contributed by atoms with Gasteiger partial charge in [0, 0.05) is 38.4 Å². The van der Waals surface area contributed by atoms with E-state index in [1.165, 1.54) is 16.8 Å². The quantitative estimate of drug-likeness (QED) is 0.412. The fraction of sp³-hybridized carbons (Fsp3) is 0.444. The zero-order chi connectivity index (χ0) is 27.2. The van der Waals surface area contributed by atoms with Crippen LogP contribution in [0.3, 0.4) is 0 Å². The first-order valence-electron chi connectivity index (χ1n) is 12.5. The van der Waals surface area contributed by atoms with Gasteiger partial charge in [0.25, 0.3) is 0 Å². The number of aliphatic hydroxyl groups excluding tert-OH is 2. The summed E-state index contributed by atoms with van der Waals surface area (Å²) in [4.78, 5) is 16.7. The van der Waals surface area contributed by atoms with Crippen LogP contribution in [0.1, 0.15) is 18.9 Å². The highest BCUT2D eigenvalue weighted by Crippen LogP contribution is 2.32. The third-order valence-corrected chi connectivity index (χ3v) is 6.91. The minimum atomic E-state index is -1.05. The zero-order valence-electron chi connectivity index (χ0n) is 21.8. The zero-order valence-corrected chi connectivity index (χ0v) is 21.8. The summed E-state index contributed by atoms with van der Waals surface area (Å²) in [6.07, 6.45) is -0.438. The normalized spacial score (nSPS) is 21.2. The molecule has 0 saturated carbocycles. The Labute approximate surface area is 221 Å².